The van der Waals surface area contributed by atoms with Crippen molar-refractivity contribution in [2.24, 2.45) is 0 Å². The van der Waals surface area contributed by atoms with Gasteiger partial charge in [-0.25, -0.2) is 0 Å². The number of hydrogen-bond donors (Lipinski definition) is 1. The molecule has 1 unspecified atom stereocenters. The molecule has 1 saturated heterocycles. The zero-order valence-corrected chi connectivity index (χ0v) is 12.6. The third-order valence-corrected chi connectivity index (χ3v) is 3.96. The van der Waals surface area contributed by atoms with Gasteiger partial charge in [0.1, 0.15) is 5.88 Å². The summed E-state index contributed by atoms with van der Waals surface area (Å²) in [5.41, 5.74) is 1.34. The standard InChI is InChI=1S/C15H22ClN3O/c1-18-9-10-19(8-7-17-15(20)11-16)14(12-18)13-5-3-2-4-6-13/h2-6,14H,7-12H2,1H3,(H,17,20). The maximum Gasteiger partial charge on any atom is 0.234 e. The molecule has 1 aromatic carbocycles. The summed E-state index contributed by atoms with van der Waals surface area (Å²) in [5, 5.41) is 2.84. The van der Waals surface area contributed by atoms with Gasteiger partial charge in [0.25, 0.3) is 0 Å². The number of amides is 1. The Balaban J connectivity index is 1.96. The van der Waals surface area contributed by atoms with Gasteiger partial charge in [0.05, 0.1) is 0 Å². The van der Waals surface area contributed by atoms with Gasteiger partial charge in [0, 0.05) is 38.8 Å². The van der Waals surface area contributed by atoms with E-state index >= 15 is 0 Å². The molecule has 1 aliphatic heterocycles. The second-order valence-electron chi connectivity index (χ2n) is 5.21. The van der Waals surface area contributed by atoms with Crippen LogP contribution in [0, 0.1) is 0 Å². The molecule has 5 heteroatoms. The highest BCUT2D eigenvalue weighted by molar-refractivity contribution is 6.27. The van der Waals surface area contributed by atoms with E-state index in [-0.39, 0.29) is 11.8 Å². The molecule has 0 aliphatic carbocycles. The Hall–Kier alpha value is -1.10. The zero-order chi connectivity index (χ0) is 14.4. The summed E-state index contributed by atoms with van der Waals surface area (Å²) in [6.45, 7) is 4.61. The lowest BCUT2D eigenvalue weighted by atomic mass is 10.0. The monoisotopic (exact) mass is 295 g/mol. The molecule has 0 spiro atoms. The van der Waals surface area contributed by atoms with Crippen LogP contribution in [0.1, 0.15) is 11.6 Å². The van der Waals surface area contributed by atoms with Crippen LogP contribution < -0.4 is 5.32 Å². The molecule has 2 rings (SSSR count). The molecule has 0 aromatic heterocycles. The normalized spacial score (nSPS) is 20.8. The summed E-state index contributed by atoms with van der Waals surface area (Å²) in [7, 11) is 2.16. The van der Waals surface area contributed by atoms with Gasteiger partial charge < -0.3 is 10.2 Å². The Morgan fingerprint density at radius 3 is 2.80 bits per heavy atom. The number of rotatable bonds is 5. The first-order valence-corrected chi connectivity index (χ1v) is 7.54. The van der Waals surface area contributed by atoms with Crippen molar-refractivity contribution in [1.82, 2.24) is 15.1 Å². The van der Waals surface area contributed by atoms with Gasteiger partial charge in [-0.15, -0.1) is 11.6 Å². The molecular weight excluding hydrogens is 274 g/mol. The van der Waals surface area contributed by atoms with Gasteiger partial charge in [0.2, 0.25) is 5.91 Å². The third kappa shape index (κ3) is 4.20. The maximum atomic E-state index is 11.2. The van der Waals surface area contributed by atoms with E-state index in [4.69, 9.17) is 11.6 Å². The van der Waals surface area contributed by atoms with E-state index in [1.807, 2.05) is 6.07 Å². The fraction of sp³-hybridized carbons (Fsp3) is 0.533. The van der Waals surface area contributed by atoms with Crippen molar-refractivity contribution in [3.8, 4) is 0 Å². The van der Waals surface area contributed by atoms with E-state index in [1.165, 1.54) is 5.56 Å². The van der Waals surface area contributed by atoms with Crippen LogP contribution in [-0.2, 0) is 4.79 Å². The Labute approximate surface area is 125 Å². The molecule has 1 atom stereocenters. The molecule has 20 heavy (non-hydrogen) atoms. The number of alkyl halides is 1. The number of carbonyl (C=O) groups is 1. The topological polar surface area (TPSA) is 35.6 Å². The number of halogens is 1. The highest BCUT2D eigenvalue weighted by Gasteiger charge is 2.25. The number of nitrogens with zero attached hydrogens (tertiary/aromatic N) is 2. The Morgan fingerprint density at radius 1 is 1.35 bits per heavy atom. The molecule has 1 aromatic rings. The summed E-state index contributed by atoms with van der Waals surface area (Å²) < 4.78 is 0. The van der Waals surface area contributed by atoms with Crippen molar-refractivity contribution in [2.75, 3.05) is 45.7 Å². The van der Waals surface area contributed by atoms with Crippen molar-refractivity contribution in [3.63, 3.8) is 0 Å². The number of piperazine rings is 1. The van der Waals surface area contributed by atoms with Gasteiger partial charge >= 0.3 is 0 Å². The molecular formula is C15H22ClN3O. The lowest BCUT2D eigenvalue weighted by Gasteiger charge is -2.40. The number of hydrogen-bond acceptors (Lipinski definition) is 3. The minimum Gasteiger partial charge on any atom is -0.354 e. The molecule has 1 heterocycles. The zero-order valence-electron chi connectivity index (χ0n) is 11.9. The van der Waals surface area contributed by atoms with Crippen LogP contribution in [0.2, 0.25) is 0 Å². The predicted octanol–water partition coefficient (Wildman–Crippen LogP) is 1.33. The molecule has 1 amide bonds. The van der Waals surface area contributed by atoms with Crippen LogP contribution in [0.4, 0.5) is 0 Å². The van der Waals surface area contributed by atoms with Crippen LogP contribution in [0.5, 0.6) is 0 Å². The predicted molar refractivity (Wildman–Crippen MR) is 82.0 cm³/mol. The minimum atomic E-state index is -0.0999. The summed E-state index contributed by atoms with van der Waals surface area (Å²) >= 11 is 5.48. The van der Waals surface area contributed by atoms with Crippen molar-refractivity contribution >= 4 is 17.5 Å². The number of nitrogens with one attached hydrogen (secondary N) is 1. The summed E-state index contributed by atoms with van der Waals surface area (Å²) in [6, 6.07) is 10.9. The van der Waals surface area contributed by atoms with Crippen LogP contribution >= 0.6 is 11.6 Å². The van der Waals surface area contributed by atoms with E-state index in [1.54, 1.807) is 0 Å². The van der Waals surface area contributed by atoms with E-state index in [0.29, 0.717) is 12.6 Å². The SMILES string of the molecule is CN1CCN(CCNC(=O)CCl)C(c2ccccc2)C1. The lowest BCUT2D eigenvalue weighted by molar-refractivity contribution is -0.118. The van der Waals surface area contributed by atoms with Gasteiger partial charge in [-0.2, -0.15) is 0 Å². The van der Waals surface area contributed by atoms with E-state index in [2.05, 4.69) is 46.4 Å². The largest absolute Gasteiger partial charge is 0.354 e. The maximum absolute atomic E-state index is 11.2. The average molecular weight is 296 g/mol. The molecule has 4 nitrogen and oxygen atoms in total. The van der Waals surface area contributed by atoms with E-state index in [9.17, 15) is 4.79 Å². The molecule has 0 bridgehead atoms. The smallest absolute Gasteiger partial charge is 0.234 e. The molecule has 0 radical (unpaired) electrons. The average Bonchev–Trinajstić information content (AvgIpc) is 2.49. The van der Waals surface area contributed by atoms with Crippen molar-refractivity contribution in [1.29, 1.82) is 0 Å². The second kappa shape index (κ2) is 7.62. The van der Waals surface area contributed by atoms with Crippen molar-refractivity contribution in [3.05, 3.63) is 35.9 Å². The Bertz CT molecular complexity index is 426. The number of carbonyl (C=O) groups excluding carboxylic acids is 1. The summed E-state index contributed by atoms with van der Waals surface area (Å²) in [5.74, 6) is -0.0674. The van der Waals surface area contributed by atoms with Gasteiger partial charge in [-0.05, 0) is 12.6 Å². The van der Waals surface area contributed by atoms with Crippen LogP contribution in [-0.4, -0.2) is 61.4 Å². The van der Waals surface area contributed by atoms with E-state index < -0.39 is 0 Å². The lowest BCUT2D eigenvalue weighted by Crippen LogP contribution is -2.49. The van der Waals surface area contributed by atoms with Gasteiger partial charge in [0.15, 0.2) is 0 Å². The molecule has 1 fully saturated rings. The molecule has 0 saturated carbocycles. The fourth-order valence-corrected chi connectivity index (χ4v) is 2.70. The van der Waals surface area contributed by atoms with E-state index in [0.717, 1.165) is 26.2 Å². The summed E-state index contributed by atoms with van der Waals surface area (Å²) in [4.78, 5) is 16.0. The first-order chi connectivity index (χ1) is 9.70. The molecule has 1 N–H and O–H groups in total. The second-order valence-corrected chi connectivity index (χ2v) is 5.48. The van der Waals surface area contributed by atoms with Crippen LogP contribution in [0.15, 0.2) is 30.3 Å². The highest BCUT2D eigenvalue weighted by Crippen LogP contribution is 2.24. The fourth-order valence-electron chi connectivity index (χ4n) is 2.60. The van der Waals surface area contributed by atoms with Crippen LogP contribution in [0.3, 0.4) is 0 Å². The first-order valence-electron chi connectivity index (χ1n) is 7.01. The molecule has 110 valence electrons. The Kier molecular flexibility index (Phi) is 5.83. The van der Waals surface area contributed by atoms with Gasteiger partial charge in [-0.1, -0.05) is 30.3 Å². The van der Waals surface area contributed by atoms with Crippen LogP contribution in [0.25, 0.3) is 0 Å². The highest BCUT2D eigenvalue weighted by atomic mass is 35.5. The minimum absolute atomic E-state index is 0.0326. The Morgan fingerprint density at radius 2 is 2.10 bits per heavy atom. The number of likely N-dealkylation sites (N-methyl/N-ethyl adjacent to an activating group) is 1. The quantitative estimate of drug-likeness (QED) is 0.833. The number of benzene rings is 1. The third-order valence-electron chi connectivity index (χ3n) is 3.72. The van der Waals surface area contributed by atoms with Crippen molar-refractivity contribution in [2.45, 2.75) is 6.04 Å². The van der Waals surface area contributed by atoms with Gasteiger partial charge in [-0.3, -0.25) is 9.69 Å². The molecule has 1 aliphatic rings. The summed E-state index contributed by atoms with van der Waals surface area (Å²) in [6.07, 6.45) is 0. The first kappa shape index (κ1) is 15.3. The van der Waals surface area contributed by atoms with Crippen molar-refractivity contribution < 1.29 is 4.79 Å².